The fraction of sp³-hybridized carbons (Fsp3) is 0.355. The van der Waals surface area contributed by atoms with Crippen LogP contribution in [-0.4, -0.2) is 36.3 Å². The largest absolute Gasteiger partial charge is 0.368 e. The molecule has 3 aromatic carbocycles. The minimum absolute atomic E-state index is 0.312. The number of hydrogen-bond acceptors (Lipinski definition) is 5. The molecule has 1 spiro atoms. The van der Waals surface area contributed by atoms with Crippen molar-refractivity contribution >= 4 is 0 Å². The molecule has 1 heterocycles. The van der Waals surface area contributed by atoms with E-state index in [2.05, 4.69) is 42.5 Å². The standard InChI is InChI=1S/C31H34O5/c1-30(2)35-23-31(36-30)19-18-27(32-20-24-12-6-3-7-13-24)28(33-21-25-14-8-4-9-15-25)29(31)34-22-26-16-10-5-11-17-26/h3-19,27-29H,20-23H2,1-2H3/t27-,28+,29-,31-/m0/s1. The zero-order chi connectivity index (χ0) is 24.8. The third-order valence-corrected chi connectivity index (χ3v) is 6.60. The minimum atomic E-state index is -0.772. The van der Waals surface area contributed by atoms with E-state index in [0.717, 1.165) is 16.7 Å². The third kappa shape index (κ3) is 5.94. The number of benzene rings is 3. The van der Waals surface area contributed by atoms with Crippen molar-refractivity contribution in [2.75, 3.05) is 6.61 Å². The molecule has 5 heteroatoms. The van der Waals surface area contributed by atoms with Crippen molar-refractivity contribution in [3.63, 3.8) is 0 Å². The average Bonchev–Trinajstić information content (AvgIpc) is 3.22. The highest BCUT2D eigenvalue weighted by Gasteiger charge is 2.56. The fourth-order valence-corrected chi connectivity index (χ4v) is 4.80. The lowest BCUT2D eigenvalue weighted by atomic mass is 9.84. The molecule has 5 nitrogen and oxygen atoms in total. The quantitative estimate of drug-likeness (QED) is 0.356. The Balaban J connectivity index is 1.43. The van der Waals surface area contributed by atoms with Crippen molar-refractivity contribution in [3.05, 3.63) is 120 Å². The first-order valence-corrected chi connectivity index (χ1v) is 12.5. The molecular weight excluding hydrogens is 452 g/mol. The second-order valence-electron chi connectivity index (χ2n) is 9.84. The van der Waals surface area contributed by atoms with Gasteiger partial charge in [-0.05, 0) is 36.6 Å². The van der Waals surface area contributed by atoms with Crippen molar-refractivity contribution in [2.24, 2.45) is 0 Å². The normalized spacial score (nSPS) is 26.9. The summed E-state index contributed by atoms with van der Waals surface area (Å²) in [6, 6.07) is 30.5. The highest BCUT2D eigenvalue weighted by atomic mass is 16.8. The van der Waals surface area contributed by atoms with E-state index in [1.165, 1.54) is 0 Å². The Morgan fingerprint density at radius 2 is 1.19 bits per heavy atom. The monoisotopic (exact) mass is 486 g/mol. The van der Waals surface area contributed by atoms with Crippen LogP contribution >= 0.6 is 0 Å². The Labute approximate surface area is 213 Å². The molecule has 0 bridgehead atoms. The van der Waals surface area contributed by atoms with Gasteiger partial charge in [0.05, 0.1) is 26.4 Å². The molecule has 0 radical (unpaired) electrons. The van der Waals surface area contributed by atoms with Gasteiger partial charge in [-0.2, -0.15) is 0 Å². The first-order valence-electron chi connectivity index (χ1n) is 12.5. The van der Waals surface area contributed by atoms with E-state index in [4.69, 9.17) is 23.7 Å². The molecule has 0 aromatic heterocycles. The molecule has 1 aliphatic heterocycles. The van der Waals surface area contributed by atoms with Crippen molar-refractivity contribution in [1.29, 1.82) is 0 Å². The van der Waals surface area contributed by atoms with Gasteiger partial charge in [0.15, 0.2) is 5.79 Å². The summed E-state index contributed by atoms with van der Waals surface area (Å²) in [4.78, 5) is 0. The summed E-state index contributed by atoms with van der Waals surface area (Å²) in [5.41, 5.74) is 2.51. The SMILES string of the molecule is CC1(C)OC[C@]2(C=C[C@H](OCc3ccccc3)[C@@H](OCc3ccccc3)[C@@H]2OCc2ccccc2)O1. The van der Waals surface area contributed by atoms with Gasteiger partial charge in [-0.25, -0.2) is 0 Å². The van der Waals surface area contributed by atoms with Crippen LogP contribution in [0, 0.1) is 0 Å². The van der Waals surface area contributed by atoms with E-state index >= 15 is 0 Å². The van der Waals surface area contributed by atoms with Crippen LogP contribution in [0.5, 0.6) is 0 Å². The van der Waals surface area contributed by atoms with E-state index in [1.54, 1.807) is 0 Å². The molecule has 1 fully saturated rings. The Bertz CT molecular complexity index is 1120. The molecule has 3 aromatic rings. The summed E-state index contributed by atoms with van der Waals surface area (Å²) in [6.45, 7) is 5.59. The van der Waals surface area contributed by atoms with Gasteiger partial charge in [-0.3, -0.25) is 0 Å². The van der Waals surface area contributed by atoms with Crippen molar-refractivity contribution < 1.29 is 23.7 Å². The Hall–Kier alpha value is -2.80. The average molecular weight is 487 g/mol. The van der Waals surface area contributed by atoms with Crippen LogP contribution in [0.1, 0.15) is 30.5 Å². The molecule has 188 valence electrons. The fourth-order valence-electron chi connectivity index (χ4n) is 4.80. The van der Waals surface area contributed by atoms with Crippen molar-refractivity contribution in [1.82, 2.24) is 0 Å². The van der Waals surface area contributed by atoms with Gasteiger partial charge in [0.25, 0.3) is 0 Å². The highest BCUT2D eigenvalue weighted by Crippen LogP contribution is 2.42. The van der Waals surface area contributed by atoms with E-state index in [1.807, 2.05) is 74.5 Å². The van der Waals surface area contributed by atoms with Crippen LogP contribution in [0.25, 0.3) is 0 Å². The van der Waals surface area contributed by atoms with E-state index in [0.29, 0.717) is 26.4 Å². The molecule has 36 heavy (non-hydrogen) atoms. The van der Waals surface area contributed by atoms with Gasteiger partial charge in [-0.15, -0.1) is 0 Å². The number of ether oxygens (including phenoxy) is 5. The molecule has 5 rings (SSSR count). The molecule has 2 aliphatic rings. The van der Waals surface area contributed by atoms with Crippen LogP contribution < -0.4 is 0 Å². The second-order valence-corrected chi connectivity index (χ2v) is 9.84. The van der Waals surface area contributed by atoms with Crippen LogP contribution in [0.2, 0.25) is 0 Å². The van der Waals surface area contributed by atoms with Crippen LogP contribution in [0.4, 0.5) is 0 Å². The van der Waals surface area contributed by atoms with Crippen LogP contribution in [0.15, 0.2) is 103 Å². The zero-order valence-corrected chi connectivity index (χ0v) is 20.9. The summed E-state index contributed by atoms with van der Waals surface area (Å²) < 4.78 is 32.2. The first kappa shape index (κ1) is 24.9. The number of hydrogen-bond donors (Lipinski definition) is 0. The Kier molecular flexibility index (Phi) is 7.65. The van der Waals surface area contributed by atoms with E-state index in [9.17, 15) is 0 Å². The first-order chi connectivity index (χ1) is 17.5. The summed E-state index contributed by atoms with van der Waals surface area (Å²) in [6.07, 6.45) is 2.95. The summed E-state index contributed by atoms with van der Waals surface area (Å²) >= 11 is 0. The topological polar surface area (TPSA) is 46.2 Å². The number of rotatable bonds is 9. The lowest BCUT2D eigenvalue weighted by molar-refractivity contribution is -0.223. The third-order valence-electron chi connectivity index (χ3n) is 6.60. The van der Waals surface area contributed by atoms with E-state index in [-0.39, 0.29) is 6.10 Å². The predicted octanol–water partition coefficient (Wildman–Crippen LogP) is 5.83. The molecule has 0 amide bonds. The van der Waals surface area contributed by atoms with Crippen LogP contribution in [-0.2, 0) is 43.5 Å². The predicted molar refractivity (Wildman–Crippen MR) is 138 cm³/mol. The summed E-state index contributed by atoms with van der Waals surface area (Å²) in [7, 11) is 0. The second kappa shape index (κ2) is 11.1. The van der Waals surface area contributed by atoms with Crippen molar-refractivity contribution in [2.45, 2.75) is 63.4 Å². The molecule has 4 atom stereocenters. The zero-order valence-electron chi connectivity index (χ0n) is 20.9. The van der Waals surface area contributed by atoms with Gasteiger partial charge in [-0.1, -0.05) is 97.1 Å². The highest BCUT2D eigenvalue weighted by molar-refractivity contribution is 5.22. The van der Waals surface area contributed by atoms with Crippen molar-refractivity contribution in [3.8, 4) is 0 Å². The Morgan fingerprint density at radius 1 is 0.694 bits per heavy atom. The molecule has 0 N–H and O–H groups in total. The molecule has 0 unspecified atom stereocenters. The minimum Gasteiger partial charge on any atom is -0.368 e. The summed E-state index contributed by atoms with van der Waals surface area (Å²) in [5, 5.41) is 0. The van der Waals surface area contributed by atoms with Gasteiger partial charge < -0.3 is 23.7 Å². The van der Waals surface area contributed by atoms with Gasteiger partial charge in [0.1, 0.15) is 23.9 Å². The maximum atomic E-state index is 6.62. The maximum Gasteiger partial charge on any atom is 0.164 e. The van der Waals surface area contributed by atoms with Crippen LogP contribution in [0.3, 0.4) is 0 Å². The molecule has 0 saturated carbocycles. The lowest BCUT2D eigenvalue weighted by Crippen LogP contribution is -2.59. The molecule has 1 aliphatic carbocycles. The Morgan fingerprint density at radius 3 is 1.69 bits per heavy atom. The van der Waals surface area contributed by atoms with Gasteiger partial charge in [0.2, 0.25) is 0 Å². The van der Waals surface area contributed by atoms with Gasteiger partial charge in [0, 0.05) is 0 Å². The maximum absolute atomic E-state index is 6.62. The molecular formula is C31H34O5. The molecule has 1 saturated heterocycles. The smallest absolute Gasteiger partial charge is 0.164 e. The summed E-state index contributed by atoms with van der Waals surface area (Å²) in [5.74, 6) is -0.722. The van der Waals surface area contributed by atoms with E-state index < -0.39 is 23.6 Å². The van der Waals surface area contributed by atoms with Gasteiger partial charge >= 0.3 is 0 Å². The lowest BCUT2D eigenvalue weighted by Gasteiger charge is -2.44.